The first-order chi connectivity index (χ1) is 22.1. The summed E-state index contributed by atoms with van der Waals surface area (Å²) in [6.45, 7) is 5.61. The quantitative estimate of drug-likeness (QED) is 0.234. The number of amides is 2. The van der Waals surface area contributed by atoms with Crippen LogP contribution < -0.4 is 10.1 Å². The predicted octanol–water partition coefficient (Wildman–Crippen LogP) is 3.80. The molecule has 0 unspecified atom stereocenters. The number of halogens is 1. The molecular weight excluding hydrogens is 613 g/mol. The minimum Gasteiger partial charge on any atom is -0.484 e. The summed E-state index contributed by atoms with van der Waals surface area (Å²) < 4.78 is 57.7. The van der Waals surface area contributed by atoms with Crippen molar-refractivity contribution in [3.05, 3.63) is 95.8 Å². The molecule has 0 bridgehead atoms. The Labute approximate surface area is 270 Å². The second kappa shape index (κ2) is 17.2. The summed E-state index contributed by atoms with van der Waals surface area (Å²) in [7, 11) is -3.68. The highest BCUT2D eigenvalue weighted by Gasteiger charge is 2.31. The fourth-order valence-corrected chi connectivity index (χ4v) is 6.34. The van der Waals surface area contributed by atoms with Crippen molar-refractivity contribution in [2.45, 2.75) is 50.3 Å². The second-order valence-electron chi connectivity index (χ2n) is 11.2. The maximum atomic E-state index is 13.8. The van der Waals surface area contributed by atoms with E-state index in [9.17, 15) is 22.4 Å². The van der Waals surface area contributed by atoms with E-state index in [0.29, 0.717) is 44.1 Å². The van der Waals surface area contributed by atoms with Crippen molar-refractivity contribution in [3.8, 4) is 5.75 Å². The molecular formula is C34H42FN3O7S. The SMILES string of the molecule is CC(C)OCCCNC(=O)[C@H](Cc1ccccc1)N(Cc1ccc(F)cc1)C(=O)COc1ccc(S(=O)(=O)N2CCOCC2)cc1. The summed E-state index contributed by atoms with van der Waals surface area (Å²) in [5, 5.41) is 2.95. The van der Waals surface area contributed by atoms with E-state index in [1.165, 1.54) is 45.6 Å². The standard InChI is InChI=1S/C34H42FN3O7S/c1-26(2)44-20-6-17-36-34(40)32(23-27-7-4-3-5-8-27)38(24-28-9-11-29(35)12-10-28)33(39)25-45-30-13-15-31(16-14-30)46(41,42)37-18-21-43-22-19-37/h3-5,7-16,26,32H,6,17-25H2,1-2H3,(H,36,40)/t32-/m0/s1. The van der Waals surface area contributed by atoms with Gasteiger partial charge >= 0.3 is 0 Å². The van der Waals surface area contributed by atoms with E-state index < -0.39 is 34.4 Å². The van der Waals surface area contributed by atoms with Gasteiger partial charge in [0.15, 0.2) is 6.61 Å². The van der Waals surface area contributed by atoms with Gasteiger partial charge in [-0.15, -0.1) is 0 Å². The fourth-order valence-electron chi connectivity index (χ4n) is 4.93. The molecule has 2 amide bonds. The molecule has 1 aliphatic rings. The molecule has 1 heterocycles. The van der Waals surface area contributed by atoms with Crippen molar-refractivity contribution >= 4 is 21.8 Å². The zero-order chi connectivity index (χ0) is 32.9. The highest BCUT2D eigenvalue weighted by Crippen LogP contribution is 2.21. The molecule has 4 rings (SSSR count). The maximum absolute atomic E-state index is 13.8. The molecule has 1 saturated heterocycles. The number of benzene rings is 3. The zero-order valence-electron chi connectivity index (χ0n) is 26.3. The lowest BCUT2D eigenvalue weighted by Gasteiger charge is -2.31. The van der Waals surface area contributed by atoms with Gasteiger partial charge in [0.25, 0.3) is 5.91 Å². The fraction of sp³-hybridized carbons (Fsp3) is 0.412. The molecule has 1 N–H and O–H groups in total. The zero-order valence-corrected chi connectivity index (χ0v) is 27.1. The van der Waals surface area contributed by atoms with Crippen LogP contribution in [0.5, 0.6) is 5.75 Å². The van der Waals surface area contributed by atoms with E-state index in [1.807, 2.05) is 44.2 Å². The summed E-state index contributed by atoms with van der Waals surface area (Å²) in [5.41, 5.74) is 1.50. The Balaban J connectivity index is 1.51. The Hall–Kier alpha value is -3.84. The number of hydrogen-bond donors (Lipinski definition) is 1. The van der Waals surface area contributed by atoms with Gasteiger partial charge in [0.05, 0.1) is 24.2 Å². The van der Waals surface area contributed by atoms with Gasteiger partial charge in [0, 0.05) is 39.2 Å². The third kappa shape index (κ3) is 10.3. The highest BCUT2D eigenvalue weighted by molar-refractivity contribution is 7.89. The summed E-state index contributed by atoms with van der Waals surface area (Å²) in [6, 6.07) is 20.1. The smallest absolute Gasteiger partial charge is 0.261 e. The first-order valence-corrected chi connectivity index (χ1v) is 16.9. The molecule has 0 saturated carbocycles. The van der Waals surface area contributed by atoms with Gasteiger partial charge in [-0.3, -0.25) is 9.59 Å². The third-order valence-electron chi connectivity index (χ3n) is 7.40. The number of rotatable bonds is 16. The summed E-state index contributed by atoms with van der Waals surface area (Å²) in [5.74, 6) is -0.911. The molecule has 0 radical (unpaired) electrons. The monoisotopic (exact) mass is 655 g/mol. The Bertz CT molecular complexity index is 1500. The van der Waals surface area contributed by atoms with E-state index >= 15 is 0 Å². The van der Waals surface area contributed by atoms with Gasteiger partial charge in [-0.1, -0.05) is 42.5 Å². The number of nitrogens with zero attached hydrogens (tertiary/aromatic N) is 2. The Morgan fingerprint density at radius 1 is 0.957 bits per heavy atom. The predicted molar refractivity (Wildman–Crippen MR) is 171 cm³/mol. The van der Waals surface area contributed by atoms with Crippen LogP contribution in [0.3, 0.4) is 0 Å². The van der Waals surface area contributed by atoms with Crippen LogP contribution >= 0.6 is 0 Å². The average molecular weight is 656 g/mol. The molecule has 1 atom stereocenters. The van der Waals surface area contributed by atoms with Crippen LogP contribution in [0.15, 0.2) is 83.8 Å². The number of sulfonamides is 1. The minimum atomic E-state index is -3.68. The van der Waals surface area contributed by atoms with Crippen molar-refractivity contribution in [2.24, 2.45) is 0 Å². The van der Waals surface area contributed by atoms with Gasteiger partial charge in [-0.25, -0.2) is 12.8 Å². The number of carbonyl (C=O) groups excluding carboxylic acids is 2. The molecule has 1 fully saturated rings. The molecule has 0 aliphatic carbocycles. The topological polar surface area (TPSA) is 114 Å². The molecule has 10 nitrogen and oxygen atoms in total. The van der Waals surface area contributed by atoms with Gasteiger partial charge < -0.3 is 24.4 Å². The van der Waals surface area contributed by atoms with Crippen LogP contribution in [0.25, 0.3) is 0 Å². The lowest BCUT2D eigenvalue weighted by molar-refractivity contribution is -0.142. The molecule has 0 spiro atoms. The number of ether oxygens (including phenoxy) is 3. The van der Waals surface area contributed by atoms with Crippen molar-refractivity contribution < 1.29 is 36.6 Å². The normalized spacial score (nSPS) is 14.5. The Morgan fingerprint density at radius 3 is 2.28 bits per heavy atom. The second-order valence-corrected chi connectivity index (χ2v) is 13.1. The number of carbonyl (C=O) groups is 2. The molecule has 12 heteroatoms. The van der Waals surface area contributed by atoms with Gasteiger partial charge in [0.2, 0.25) is 15.9 Å². The largest absolute Gasteiger partial charge is 0.484 e. The highest BCUT2D eigenvalue weighted by atomic mass is 32.2. The van der Waals surface area contributed by atoms with Crippen LogP contribution in [0.1, 0.15) is 31.4 Å². The van der Waals surface area contributed by atoms with E-state index in [1.54, 1.807) is 12.1 Å². The van der Waals surface area contributed by atoms with E-state index in [2.05, 4.69) is 5.32 Å². The van der Waals surface area contributed by atoms with Crippen molar-refractivity contribution in [2.75, 3.05) is 46.1 Å². The first-order valence-electron chi connectivity index (χ1n) is 15.4. The van der Waals surface area contributed by atoms with E-state index in [0.717, 1.165) is 5.56 Å². The molecule has 46 heavy (non-hydrogen) atoms. The van der Waals surface area contributed by atoms with Crippen LogP contribution in [-0.4, -0.2) is 87.6 Å². The number of morpholine rings is 1. The summed E-state index contributed by atoms with van der Waals surface area (Å²) in [6.07, 6.45) is 0.931. The van der Waals surface area contributed by atoms with Crippen molar-refractivity contribution in [1.82, 2.24) is 14.5 Å². The van der Waals surface area contributed by atoms with Crippen molar-refractivity contribution in [1.29, 1.82) is 0 Å². The van der Waals surface area contributed by atoms with Crippen molar-refractivity contribution in [3.63, 3.8) is 0 Å². The number of hydrogen-bond acceptors (Lipinski definition) is 7. The third-order valence-corrected chi connectivity index (χ3v) is 9.32. The molecule has 3 aromatic carbocycles. The maximum Gasteiger partial charge on any atom is 0.261 e. The minimum absolute atomic E-state index is 0.0422. The molecule has 0 aromatic heterocycles. The van der Waals surface area contributed by atoms with Crippen LogP contribution in [0, 0.1) is 5.82 Å². The Morgan fingerprint density at radius 2 is 1.63 bits per heavy atom. The van der Waals surface area contributed by atoms with Crippen LogP contribution in [0.4, 0.5) is 4.39 Å². The number of nitrogens with one attached hydrogen (secondary N) is 1. The molecule has 1 aliphatic heterocycles. The van der Waals surface area contributed by atoms with Crippen LogP contribution in [-0.2, 0) is 42.1 Å². The van der Waals surface area contributed by atoms with E-state index in [-0.39, 0.29) is 43.0 Å². The summed E-state index contributed by atoms with van der Waals surface area (Å²) in [4.78, 5) is 29.0. The lowest BCUT2D eigenvalue weighted by Crippen LogP contribution is -2.52. The summed E-state index contributed by atoms with van der Waals surface area (Å²) >= 11 is 0. The van der Waals surface area contributed by atoms with E-state index in [4.69, 9.17) is 14.2 Å². The van der Waals surface area contributed by atoms with Gasteiger partial charge in [0.1, 0.15) is 17.6 Å². The molecule has 3 aromatic rings. The Kier molecular flexibility index (Phi) is 13.1. The molecule has 248 valence electrons. The van der Waals surface area contributed by atoms with Gasteiger partial charge in [-0.2, -0.15) is 4.31 Å². The average Bonchev–Trinajstić information content (AvgIpc) is 3.06. The first kappa shape index (κ1) is 35.0. The van der Waals surface area contributed by atoms with Gasteiger partial charge in [-0.05, 0) is 67.8 Å². The lowest BCUT2D eigenvalue weighted by atomic mass is 10.0. The van der Waals surface area contributed by atoms with Crippen LogP contribution in [0.2, 0.25) is 0 Å².